The molecule has 16 nitrogen and oxygen atoms in total. The minimum absolute atomic E-state index is 0.0752. The molecule has 0 radical (unpaired) electrons. The van der Waals surface area contributed by atoms with Crippen molar-refractivity contribution in [1.29, 1.82) is 0 Å². The van der Waals surface area contributed by atoms with Crippen LogP contribution in [0.3, 0.4) is 0 Å². The maximum Gasteiger partial charge on any atom is 0.233 e. The minimum atomic E-state index is -0.361. The molecule has 4 fully saturated rings. The molecule has 0 bridgehead atoms. The Labute approximate surface area is 386 Å². The Bertz CT molecular complexity index is 2000. The summed E-state index contributed by atoms with van der Waals surface area (Å²) in [6, 6.07) is 11.6. The number of aliphatic hydroxyl groups is 2. The molecule has 2 aliphatic carbocycles. The summed E-state index contributed by atoms with van der Waals surface area (Å²) < 4.78 is 10.4. The van der Waals surface area contributed by atoms with Crippen molar-refractivity contribution in [2.45, 2.75) is 127 Å². The highest BCUT2D eigenvalue weighted by atomic mass is 35.5. The first-order chi connectivity index (χ1) is 30.6. The molecular weight excluding hydrogens is 867 g/mol. The van der Waals surface area contributed by atoms with E-state index >= 15 is 0 Å². The van der Waals surface area contributed by atoms with Gasteiger partial charge < -0.3 is 51.2 Å². The standard InChI is InChI=1S/C22H31ClN6O2.C17H21Cl2N5O.C5H11NO/c1-31-19-11-10-16(13-18(19)23)25-21-26-20(24-15-7-4-2-3-5-8-15)27-22(28-21)29-12-6-9-17(30)14-29;1-25-14-9-8-12(10-13(14)18)21-17-23-15(19)22-16(24-17)20-11-6-4-2-3-5-7-11;7-5-2-1-3-6-4-5/h10-11,13,15,17,30H,2-9,12,14H2,1H3,(H2,24,25,26,27,28);8-11H,2-7H2,1H3,(H2,20,21,22,23,24);5-7H,1-4H2. The van der Waals surface area contributed by atoms with E-state index in [-0.39, 0.29) is 17.5 Å². The number of anilines is 7. The van der Waals surface area contributed by atoms with Gasteiger partial charge in [0.1, 0.15) is 11.5 Å². The van der Waals surface area contributed by atoms with Gasteiger partial charge in [0.25, 0.3) is 0 Å². The lowest BCUT2D eigenvalue weighted by atomic mass is 10.1. The third-order valence-corrected chi connectivity index (χ3v) is 12.1. The molecule has 2 atom stereocenters. The fourth-order valence-electron chi connectivity index (χ4n) is 8.03. The van der Waals surface area contributed by atoms with Crippen LogP contribution in [0.5, 0.6) is 11.5 Å². The number of aliphatic hydroxyl groups excluding tert-OH is 2. The van der Waals surface area contributed by atoms with Crippen LogP contribution >= 0.6 is 34.8 Å². The van der Waals surface area contributed by atoms with Crippen LogP contribution in [0.25, 0.3) is 0 Å². The minimum Gasteiger partial charge on any atom is -0.495 e. The molecule has 0 spiro atoms. The maximum atomic E-state index is 10.1. The van der Waals surface area contributed by atoms with Gasteiger partial charge in [0.2, 0.25) is 35.0 Å². The van der Waals surface area contributed by atoms with Crippen molar-refractivity contribution < 1.29 is 19.7 Å². The van der Waals surface area contributed by atoms with Gasteiger partial charge in [0.15, 0.2) is 0 Å². The van der Waals surface area contributed by atoms with Crippen LogP contribution in [0.1, 0.15) is 103 Å². The van der Waals surface area contributed by atoms with Crippen LogP contribution in [0.15, 0.2) is 36.4 Å². The summed E-state index contributed by atoms with van der Waals surface area (Å²) in [5.74, 6) is 3.68. The lowest BCUT2D eigenvalue weighted by molar-refractivity contribution is 0.142. The van der Waals surface area contributed by atoms with Gasteiger partial charge in [-0.1, -0.05) is 74.6 Å². The van der Waals surface area contributed by atoms with Gasteiger partial charge in [0, 0.05) is 43.1 Å². The first-order valence-corrected chi connectivity index (χ1v) is 23.5. The largest absolute Gasteiger partial charge is 0.495 e. The van der Waals surface area contributed by atoms with E-state index in [4.69, 9.17) is 54.4 Å². The number of halogens is 3. The molecule has 4 aromatic rings. The summed E-state index contributed by atoms with van der Waals surface area (Å²) in [6.07, 6.45) is 18.0. The van der Waals surface area contributed by atoms with E-state index in [1.165, 1.54) is 51.4 Å². The summed E-state index contributed by atoms with van der Waals surface area (Å²) in [7, 11) is 3.16. The number of nitrogens with one attached hydrogen (secondary N) is 5. The number of piperidine rings is 2. The predicted octanol–water partition coefficient (Wildman–Crippen LogP) is 9.17. The highest BCUT2D eigenvalue weighted by Gasteiger charge is 2.23. The molecule has 4 aliphatic rings. The van der Waals surface area contributed by atoms with Crippen LogP contribution in [0.2, 0.25) is 15.3 Å². The molecule has 8 rings (SSSR count). The molecule has 2 aromatic carbocycles. The summed E-state index contributed by atoms with van der Waals surface area (Å²) in [6.45, 7) is 3.22. The Hall–Kier alpha value is -4.19. The zero-order valence-electron chi connectivity index (χ0n) is 36.4. The fourth-order valence-corrected chi connectivity index (χ4v) is 8.70. The first-order valence-electron chi connectivity index (χ1n) is 22.4. The van der Waals surface area contributed by atoms with Crippen LogP contribution in [0.4, 0.5) is 41.1 Å². The maximum absolute atomic E-state index is 10.1. The Kier molecular flexibility index (Phi) is 19.4. The van der Waals surface area contributed by atoms with Crippen LogP contribution in [-0.2, 0) is 0 Å². The monoisotopic (exact) mass is 928 g/mol. The average Bonchev–Trinajstić information content (AvgIpc) is 3.69. The van der Waals surface area contributed by atoms with Crippen molar-refractivity contribution in [3.63, 3.8) is 0 Å². The molecular formula is C44H63Cl3N12O4. The van der Waals surface area contributed by atoms with E-state index in [0.717, 1.165) is 82.4 Å². The molecule has 2 aromatic heterocycles. The lowest BCUT2D eigenvalue weighted by Gasteiger charge is -2.30. The van der Waals surface area contributed by atoms with Gasteiger partial charge in [-0.05, 0) is 106 Å². The number of nitrogens with zero attached hydrogens (tertiary/aromatic N) is 7. The zero-order chi connectivity index (χ0) is 44.4. The number of hydrogen-bond acceptors (Lipinski definition) is 16. The summed E-state index contributed by atoms with van der Waals surface area (Å²) >= 11 is 18.5. The van der Waals surface area contributed by atoms with Gasteiger partial charge in [-0.3, -0.25) is 0 Å². The number of methoxy groups -OCH3 is 2. The van der Waals surface area contributed by atoms with E-state index in [0.29, 0.717) is 69.9 Å². The Morgan fingerprint density at radius 2 is 1.08 bits per heavy atom. The topological polar surface area (TPSA) is 200 Å². The van der Waals surface area contributed by atoms with Gasteiger partial charge in [-0.25, -0.2) is 0 Å². The molecule has 344 valence electrons. The van der Waals surface area contributed by atoms with Gasteiger partial charge in [-0.15, -0.1) is 0 Å². The summed E-state index contributed by atoms with van der Waals surface area (Å²) in [5, 5.41) is 36.5. The molecule has 2 unspecified atom stereocenters. The van der Waals surface area contributed by atoms with Crippen LogP contribution in [-0.4, -0.2) is 105 Å². The third kappa shape index (κ3) is 16.1. The molecule has 4 heterocycles. The average molecular weight is 930 g/mol. The number of aromatic nitrogens is 6. The smallest absolute Gasteiger partial charge is 0.233 e. The second-order valence-corrected chi connectivity index (χ2v) is 17.5. The van der Waals surface area contributed by atoms with Crippen molar-refractivity contribution in [1.82, 2.24) is 35.2 Å². The number of β-amino-alcohol motifs (C(OH)–C–C–N with tert-alkyl or cyclic N) is 2. The van der Waals surface area contributed by atoms with Crippen LogP contribution in [0, 0.1) is 0 Å². The predicted molar refractivity (Wildman–Crippen MR) is 253 cm³/mol. The Morgan fingerprint density at radius 3 is 1.54 bits per heavy atom. The second kappa shape index (κ2) is 25.3. The van der Waals surface area contributed by atoms with Gasteiger partial charge >= 0.3 is 0 Å². The molecule has 63 heavy (non-hydrogen) atoms. The fraction of sp³-hybridized carbons (Fsp3) is 0.591. The highest BCUT2D eigenvalue weighted by molar-refractivity contribution is 6.32. The SMILES string of the molecule is COc1ccc(Nc2nc(Cl)nc(NC3CCCCCC3)n2)cc1Cl.COc1ccc(Nc2nc(NC3CCCCCC3)nc(N3CCCC(O)C3)n2)cc1Cl.OC1CCCNC1. The second-order valence-electron chi connectivity index (χ2n) is 16.4. The normalized spacial score (nSPS) is 19.8. The van der Waals surface area contributed by atoms with E-state index in [1.807, 2.05) is 17.0 Å². The molecule has 2 saturated heterocycles. The number of hydrogen-bond donors (Lipinski definition) is 7. The first kappa shape index (κ1) is 48.3. The van der Waals surface area contributed by atoms with Gasteiger partial charge in [-0.2, -0.15) is 29.9 Å². The number of rotatable bonds is 11. The van der Waals surface area contributed by atoms with Crippen molar-refractivity contribution in [3.05, 3.63) is 51.7 Å². The number of benzene rings is 2. The zero-order valence-corrected chi connectivity index (χ0v) is 38.7. The van der Waals surface area contributed by atoms with Crippen molar-refractivity contribution >= 4 is 75.9 Å². The molecule has 0 amide bonds. The quantitative estimate of drug-likeness (QED) is 0.0702. The molecule has 19 heteroatoms. The van der Waals surface area contributed by atoms with Crippen molar-refractivity contribution in [2.75, 3.05) is 66.6 Å². The Balaban J connectivity index is 0.000000184. The van der Waals surface area contributed by atoms with Gasteiger partial charge in [0.05, 0.1) is 36.5 Å². The lowest BCUT2D eigenvalue weighted by Crippen LogP contribution is -2.39. The van der Waals surface area contributed by atoms with E-state index in [9.17, 15) is 5.11 Å². The van der Waals surface area contributed by atoms with E-state index in [1.54, 1.807) is 38.5 Å². The molecule has 2 aliphatic heterocycles. The highest BCUT2D eigenvalue weighted by Crippen LogP contribution is 2.31. The summed E-state index contributed by atoms with van der Waals surface area (Å²) in [5.41, 5.74) is 1.51. The van der Waals surface area contributed by atoms with E-state index < -0.39 is 0 Å². The third-order valence-electron chi connectivity index (χ3n) is 11.4. The van der Waals surface area contributed by atoms with E-state index in [2.05, 4.69) is 51.5 Å². The number of ether oxygens (including phenoxy) is 2. The van der Waals surface area contributed by atoms with Crippen LogP contribution < -0.4 is 41.0 Å². The molecule has 7 N–H and O–H groups in total. The van der Waals surface area contributed by atoms with Crippen molar-refractivity contribution in [3.8, 4) is 11.5 Å². The summed E-state index contributed by atoms with van der Waals surface area (Å²) in [4.78, 5) is 28.7. The Morgan fingerprint density at radius 1 is 0.587 bits per heavy atom. The molecule has 2 saturated carbocycles. The van der Waals surface area contributed by atoms with Crippen molar-refractivity contribution in [2.24, 2.45) is 0 Å².